The highest BCUT2D eigenvalue weighted by atomic mass is 16.2. The molecule has 0 spiro atoms. The van der Waals surface area contributed by atoms with Gasteiger partial charge in [0, 0.05) is 12.2 Å². The SMILES string of the molecule is Cc1cc(C)cc(NC(=O)C2(C(=O)NCCC3=CCCCC3)CC2)c1. The average molecular weight is 340 g/mol. The minimum absolute atomic E-state index is 0.120. The van der Waals surface area contributed by atoms with Crippen molar-refractivity contribution >= 4 is 17.5 Å². The van der Waals surface area contributed by atoms with Crippen molar-refractivity contribution in [2.45, 2.75) is 58.8 Å². The van der Waals surface area contributed by atoms with Gasteiger partial charge in [0.1, 0.15) is 5.41 Å². The number of anilines is 1. The highest BCUT2D eigenvalue weighted by Crippen LogP contribution is 2.46. The summed E-state index contributed by atoms with van der Waals surface area (Å²) in [4.78, 5) is 25.2. The lowest BCUT2D eigenvalue weighted by Crippen LogP contribution is -2.40. The van der Waals surface area contributed by atoms with Crippen LogP contribution < -0.4 is 10.6 Å². The summed E-state index contributed by atoms with van der Waals surface area (Å²) in [6.07, 6.45) is 9.31. The summed E-state index contributed by atoms with van der Waals surface area (Å²) in [5.41, 5.74) is 3.55. The van der Waals surface area contributed by atoms with Gasteiger partial charge in [-0.3, -0.25) is 9.59 Å². The molecule has 25 heavy (non-hydrogen) atoms. The maximum atomic E-state index is 12.6. The van der Waals surface area contributed by atoms with Crippen LogP contribution in [-0.4, -0.2) is 18.4 Å². The first-order chi connectivity index (χ1) is 12.0. The van der Waals surface area contributed by atoms with Gasteiger partial charge in [-0.1, -0.05) is 17.7 Å². The van der Waals surface area contributed by atoms with Crippen LogP contribution in [-0.2, 0) is 9.59 Å². The number of aryl methyl sites for hydroxylation is 2. The third-order valence-electron chi connectivity index (χ3n) is 5.22. The van der Waals surface area contributed by atoms with E-state index < -0.39 is 5.41 Å². The summed E-state index contributed by atoms with van der Waals surface area (Å²) >= 11 is 0. The topological polar surface area (TPSA) is 58.2 Å². The third kappa shape index (κ3) is 4.30. The number of nitrogens with one attached hydrogen (secondary N) is 2. The van der Waals surface area contributed by atoms with E-state index in [-0.39, 0.29) is 11.8 Å². The fourth-order valence-corrected chi connectivity index (χ4v) is 3.62. The highest BCUT2D eigenvalue weighted by Gasteiger charge is 2.56. The lowest BCUT2D eigenvalue weighted by Gasteiger charge is -2.17. The van der Waals surface area contributed by atoms with E-state index in [1.807, 2.05) is 26.0 Å². The van der Waals surface area contributed by atoms with E-state index in [1.54, 1.807) is 0 Å². The Balaban J connectivity index is 1.54. The van der Waals surface area contributed by atoms with Gasteiger partial charge in [0.2, 0.25) is 11.8 Å². The number of carbonyl (C=O) groups is 2. The Morgan fingerprint density at radius 3 is 2.36 bits per heavy atom. The fraction of sp³-hybridized carbons (Fsp3) is 0.524. The van der Waals surface area contributed by atoms with E-state index in [0.29, 0.717) is 19.4 Å². The predicted octanol–water partition coefficient (Wildman–Crippen LogP) is 4.03. The van der Waals surface area contributed by atoms with E-state index in [0.717, 1.165) is 36.1 Å². The van der Waals surface area contributed by atoms with Gasteiger partial charge in [0.05, 0.1) is 0 Å². The molecule has 1 aromatic rings. The lowest BCUT2D eigenvalue weighted by molar-refractivity contribution is -0.134. The third-order valence-corrected chi connectivity index (χ3v) is 5.22. The van der Waals surface area contributed by atoms with Gasteiger partial charge in [-0.15, -0.1) is 0 Å². The minimum Gasteiger partial charge on any atom is -0.355 e. The van der Waals surface area contributed by atoms with Crippen molar-refractivity contribution in [3.05, 3.63) is 41.0 Å². The summed E-state index contributed by atoms with van der Waals surface area (Å²) in [6, 6.07) is 5.94. The molecule has 1 fully saturated rings. The van der Waals surface area contributed by atoms with Crippen LogP contribution >= 0.6 is 0 Å². The second-order valence-corrected chi connectivity index (χ2v) is 7.53. The largest absolute Gasteiger partial charge is 0.355 e. The molecule has 1 saturated carbocycles. The van der Waals surface area contributed by atoms with Gasteiger partial charge in [0.25, 0.3) is 0 Å². The van der Waals surface area contributed by atoms with Crippen LogP contribution in [0.4, 0.5) is 5.69 Å². The van der Waals surface area contributed by atoms with Gasteiger partial charge >= 0.3 is 0 Å². The summed E-state index contributed by atoms with van der Waals surface area (Å²) < 4.78 is 0. The monoisotopic (exact) mass is 340 g/mol. The quantitative estimate of drug-likeness (QED) is 0.607. The van der Waals surface area contributed by atoms with Crippen LogP contribution in [0, 0.1) is 19.3 Å². The first kappa shape index (κ1) is 17.7. The number of amides is 2. The summed E-state index contributed by atoms with van der Waals surface area (Å²) in [5, 5.41) is 5.92. The predicted molar refractivity (Wildman–Crippen MR) is 100 cm³/mol. The molecule has 2 amide bonds. The van der Waals surface area contributed by atoms with Crippen molar-refractivity contribution in [2.75, 3.05) is 11.9 Å². The molecule has 1 aromatic carbocycles. The zero-order chi connectivity index (χ0) is 17.9. The van der Waals surface area contributed by atoms with Gasteiger partial charge < -0.3 is 10.6 Å². The number of hydrogen-bond donors (Lipinski definition) is 2. The molecule has 0 atom stereocenters. The normalized spacial score (nSPS) is 18.2. The maximum absolute atomic E-state index is 12.6. The van der Waals surface area contributed by atoms with E-state index >= 15 is 0 Å². The zero-order valence-corrected chi connectivity index (χ0v) is 15.3. The number of carbonyl (C=O) groups excluding carboxylic acids is 2. The number of rotatable bonds is 6. The molecule has 0 heterocycles. The Morgan fingerprint density at radius 2 is 1.76 bits per heavy atom. The summed E-state index contributed by atoms with van der Waals surface area (Å²) in [6.45, 7) is 4.63. The van der Waals surface area contributed by atoms with Crippen LogP contribution in [0.25, 0.3) is 0 Å². The highest BCUT2D eigenvalue weighted by molar-refractivity contribution is 6.13. The Kier molecular flexibility index (Phi) is 5.26. The van der Waals surface area contributed by atoms with Crippen LogP contribution in [0.1, 0.15) is 56.1 Å². The molecule has 4 heteroatoms. The first-order valence-corrected chi connectivity index (χ1v) is 9.35. The van der Waals surface area contributed by atoms with Crippen LogP contribution in [0.2, 0.25) is 0 Å². The van der Waals surface area contributed by atoms with Crippen molar-refractivity contribution in [3.8, 4) is 0 Å². The maximum Gasteiger partial charge on any atom is 0.240 e. The molecular formula is C21H28N2O2. The summed E-state index contributed by atoms with van der Waals surface area (Å²) in [5.74, 6) is -0.294. The van der Waals surface area contributed by atoms with Gasteiger partial charge in [0.15, 0.2) is 0 Å². The molecular weight excluding hydrogens is 312 g/mol. The van der Waals surface area contributed by atoms with Gasteiger partial charge in [-0.25, -0.2) is 0 Å². The average Bonchev–Trinajstić information content (AvgIpc) is 3.36. The lowest BCUT2D eigenvalue weighted by atomic mass is 9.97. The Bertz CT molecular complexity index is 682. The molecule has 0 unspecified atom stereocenters. The molecule has 2 aliphatic rings. The molecule has 2 N–H and O–H groups in total. The van der Waals surface area contributed by atoms with E-state index in [1.165, 1.54) is 18.4 Å². The van der Waals surface area contributed by atoms with Crippen molar-refractivity contribution in [1.29, 1.82) is 0 Å². The second kappa shape index (κ2) is 7.42. The van der Waals surface area contributed by atoms with E-state index in [2.05, 4.69) is 22.8 Å². The standard InChI is InChI=1S/C21H28N2O2/c1-15-12-16(2)14-18(13-15)23-20(25)21(9-10-21)19(24)22-11-8-17-6-4-3-5-7-17/h6,12-14H,3-5,7-11H2,1-2H3,(H,22,24)(H,23,25). The molecule has 0 saturated heterocycles. The van der Waals surface area contributed by atoms with Crippen LogP contribution in [0.3, 0.4) is 0 Å². The minimum atomic E-state index is -0.863. The van der Waals surface area contributed by atoms with Crippen molar-refractivity contribution in [3.63, 3.8) is 0 Å². The number of benzene rings is 1. The molecule has 0 aromatic heterocycles. The van der Waals surface area contributed by atoms with Crippen molar-refractivity contribution in [2.24, 2.45) is 5.41 Å². The Labute approximate surface area is 150 Å². The smallest absolute Gasteiger partial charge is 0.240 e. The van der Waals surface area contributed by atoms with Gasteiger partial charge in [-0.2, -0.15) is 0 Å². The van der Waals surface area contributed by atoms with Crippen LogP contribution in [0.5, 0.6) is 0 Å². The molecule has 2 aliphatic carbocycles. The van der Waals surface area contributed by atoms with Crippen LogP contribution in [0.15, 0.2) is 29.8 Å². The number of allylic oxidation sites excluding steroid dienone is 1. The molecule has 0 bridgehead atoms. The number of hydrogen-bond acceptors (Lipinski definition) is 2. The molecule has 0 aliphatic heterocycles. The second-order valence-electron chi connectivity index (χ2n) is 7.53. The molecule has 3 rings (SSSR count). The van der Waals surface area contributed by atoms with Gasteiger partial charge in [-0.05, 0) is 82.1 Å². The molecule has 4 nitrogen and oxygen atoms in total. The van der Waals surface area contributed by atoms with Crippen molar-refractivity contribution in [1.82, 2.24) is 5.32 Å². The van der Waals surface area contributed by atoms with E-state index in [9.17, 15) is 9.59 Å². The zero-order valence-electron chi connectivity index (χ0n) is 15.3. The Morgan fingerprint density at radius 1 is 1.04 bits per heavy atom. The molecule has 134 valence electrons. The first-order valence-electron chi connectivity index (χ1n) is 9.35. The van der Waals surface area contributed by atoms with E-state index in [4.69, 9.17) is 0 Å². The Hall–Kier alpha value is -2.10. The van der Waals surface area contributed by atoms with Crippen molar-refractivity contribution < 1.29 is 9.59 Å². The molecule has 0 radical (unpaired) electrons. The summed E-state index contributed by atoms with van der Waals surface area (Å²) in [7, 11) is 0. The fourth-order valence-electron chi connectivity index (χ4n) is 3.62.